The minimum atomic E-state index is -0.496. The molecule has 1 aromatic heterocycles. The van der Waals surface area contributed by atoms with Crippen LogP contribution in [0.4, 0.5) is 10.1 Å². The first-order valence-corrected chi connectivity index (χ1v) is 9.33. The number of thiophene rings is 1. The minimum Gasteiger partial charge on any atom is -0.493 e. The third-order valence-corrected chi connectivity index (χ3v) is 4.99. The molecule has 1 amide bonds. The predicted octanol–water partition coefficient (Wildman–Crippen LogP) is 5.49. The molecule has 0 aliphatic rings. The summed E-state index contributed by atoms with van der Waals surface area (Å²) in [5, 5.41) is 4.41. The summed E-state index contributed by atoms with van der Waals surface area (Å²) in [7, 11) is 1.58. The van der Waals surface area contributed by atoms with Crippen molar-refractivity contribution in [2.24, 2.45) is 0 Å². The molecule has 0 saturated heterocycles. The lowest BCUT2D eigenvalue weighted by molar-refractivity contribution is 0.103. The monoisotopic (exact) mass is 435 g/mol. The number of carbonyl (C=O) groups excluding carboxylic acids is 1. The van der Waals surface area contributed by atoms with Crippen LogP contribution >= 0.6 is 27.3 Å². The van der Waals surface area contributed by atoms with Crippen LogP contribution in [0.5, 0.6) is 11.5 Å². The Kier molecular flexibility index (Phi) is 5.90. The zero-order chi connectivity index (χ0) is 18.5. The number of ether oxygens (including phenoxy) is 2. The van der Waals surface area contributed by atoms with Gasteiger partial charge < -0.3 is 14.8 Å². The van der Waals surface area contributed by atoms with Gasteiger partial charge in [0, 0.05) is 10.0 Å². The second-order valence-corrected chi connectivity index (χ2v) is 7.16. The average Bonchev–Trinajstić information content (AvgIpc) is 3.11. The summed E-state index contributed by atoms with van der Waals surface area (Å²) >= 11 is 4.46. The van der Waals surface area contributed by atoms with E-state index in [9.17, 15) is 9.18 Å². The molecule has 0 spiro atoms. The standard InChI is InChI=1S/C19H15BrFNO3S/c1-24-16-4-2-3-5-17(16)25-10-12-8-18(26-11-12)19(23)22-15-7-6-13(20)9-14(15)21/h2-9,11H,10H2,1H3,(H,22,23). The maximum atomic E-state index is 13.8. The van der Waals surface area contributed by atoms with Crippen LogP contribution in [0.2, 0.25) is 0 Å². The number of hydrogen-bond acceptors (Lipinski definition) is 4. The van der Waals surface area contributed by atoms with Gasteiger partial charge in [-0.2, -0.15) is 0 Å². The van der Waals surface area contributed by atoms with E-state index in [0.717, 1.165) is 5.56 Å². The van der Waals surface area contributed by atoms with E-state index in [2.05, 4.69) is 21.2 Å². The second kappa shape index (κ2) is 8.33. The van der Waals surface area contributed by atoms with Crippen molar-refractivity contribution in [3.8, 4) is 11.5 Å². The quantitative estimate of drug-likeness (QED) is 0.556. The summed E-state index contributed by atoms with van der Waals surface area (Å²) in [6, 6.07) is 13.6. The van der Waals surface area contributed by atoms with Gasteiger partial charge in [0.2, 0.25) is 0 Å². The van der Waals surface area contributed by atoms with Crippen LogP contribution in [0.1, 0.15) is 15.2 Å². The minimum absolute atomic E-state index is 0.137. The Morgan fingerprint density at radius 2 is 1.96 bits per heavy atom. The van der Waals surface area contributed by atoms with Gasteiger partial charge in [-0.15, -0.1) is 11.3 Å². The van der Waals surface area contributed by atoms with Gasteiger partial charge in [0.1, 0.15) is 12.4 Å². The largest absolute Gasteiger partial charge is 0.493 e. The summed E-state index contributed by atoms with van der Waals surface area (Å²) in [5.74, 6) is 0.416. The molecule has 0 saturated carbocycles. The maximum absolute atomic E-state index is 13.8. The van der Waals surface area contributed by atoms with E-state index in [0.29, 0.717) is 27.5 Å². The summed E-state index contributed by atoms with van der Waals surface area (Å²) in [6.07, 6.45) is 0. The lowest BCUT2D eigenvalue weighted by Gasteiger charge is -2.09. The second-order valence-electron chi connectivity index (χ2n) is 5.34. The molecule has 3 rings (SSSR count). The lowest BCUT2D eigenvalue weighted by Crippen LogP contribution is -2.11. The van der Waals surface area contributed by atoms with Crippen molar-refractivity contribution in [1.82, 2.24) is 0 Å². The SMILES string of the molecule is COc1ccccc1OCc1csc(C(=O)Nc2ccc(Br)cc2F)c1. The average molecular weight is 436 g/mol. The molecule has 0 bridgehead atoms. The fourth-order valence-corrected chi connectivity index (χ4v) is 3.37. The first kappa shape index (κ1) is 18.4. The topological polar surface area (TPSA) is 47.6 Å². The number of hydrogen-bond donors (Lipinski definition) is 1. The number of carbonyl (C=O) groups is 1. The fraction of sp³-hybridized carbons (Fsp3) is 0.105. The molecular weight excluding hydrogens is 421 g/mol. The molecule has 0 radical (unpaired) electrons. The Balaban J connectivity index is 1.64. The van der Waals surface area contributed by atoms with Crippen LogP contribution in [0.25, 0.3) is 0 Å². The molecule has 0 aliphatic carbocycles. The summed E-state index contributed by atoms with van der Waals surface area (Å²) < 4.78 is 25.4. The van der Waals surface area contributed by atoms with E-state index in [1.165, 1.54) is 23.5 Å². The molecular formula is C19H15BrFNO3S. The first-order valence-electron chi connectivity index (χ1n) is 7.66. The highest BCUT2D eigenvalue weighted by molar-refractivity contribution is 9.10. The number of halogens is 2. The number of para-hydroxylation sites is 2. The van der Waals surface area contributed by atoms with Crippen LogP contribution in [0.15, 0.2) is 58.4 Å². The third kappa shape index (κ3) is 4.42. The van der Waals surface area contributed by atoms with Crippen molar-refractivity contribution >= 4 is 38.9 Å². The normalized spacial score (nSPS) is 10.4. The molecule has 3 aromatic rings. The van der Waals surface area contributed by atoms with Gasteiger partial charge in [-0.3, -0.25) is 4.79 Å². The summed E-state index contributed by atoms with van der Waals surface area (Å²) in [5.41, 5.74) is 0.987. The molecule has 7 heteroatoms. The third-order valence-electron chi connectivity index (χ3n) is 3.52. The zero-order valence-electron chi connectivity index (χ0n) is 13.8. The highest BCUT2D eigenvalue weighted by Gasteiger charge is 2.13. The Bertz CT molecular complexity index is 929. The first-order chi connectivity index (χ1) is 12.6. The Hall–Kier alpha value is -2.38. The highest BCUT2D eigenvalue weighted by Crippen LogP contribution is 2.27. The highest BCUT2D eigenvalue weighted by atomic mass is 79.9. The summed E-state index contributed by atoms with van der Waals surface area (Å²) in [6.45, 7) is 0.302. The van der Waals surface area contributed by atoms with Gasteiger partial charge in [0.25, 0.3) is 5.91 Å². The van der Waals surface area contributed by atoms with Gasteiger partial charge in [-0.25, -0.2) is 4.39 Å². The molecule has 1 heterocycles. The van der Waals surface area contributed by atoms with Crippen molar-refractivity contribution in [1.29, 1.82) is 0 Å². The van der Waals surface area contributed by atoms with Crippen LogP contribution in [0.3, 0.4) is 0 Å². The molecule has 0 aliphatic heterocycles. The number of anilines is 1. The number of nitrogens with one attached hydrogen (secondary N) is 1. The van der Waals surface area contributed by atoms with E-state index in [-0.39, 0.29) is 11.6 Å². The van der Waals surface area contributed by atoms with Crippen LogP contribution in [0, 0.1) is 5.82 Å². The van der Waals surface area contributed by atoms with Crippen molar-refractivity contribution in [3.63, 3.8) is 0 Å². The van der Waals surface area contributed by atoms with E-state index in [1.54, 1.807) is 19.2 Å². The smallest absolute Gasteiger partial charge is 0.265 e. The predicted molar refractivity (Wildman–Crippen MR) is 104 cm³/mol. The van der Waals surface area contributed by atoms with Gasteiger partial charge in [0.15, 0.2) is 11.5 Å². The number of rotatable bonds is 6. The molecule has 134 valence electrons. The van der Waals surface area contributed by atoms with Crippen molar-refractivity contribution in [2.45, 2.75) is 6.61 Å². The van der Waals surface area contributed by atoms with Gasteiger partial charge >= 0.3 is 0 Å². The van der Waals surface area contributed by atoms with Crippen LogP contribution in [-0.4, -0.2) is 13.0 Å². The van der Waals surface area contributed by atoms with E-state index >= 15 is 0 Å². The van der Waals surface area contributed by atoms with E-state index in [4.69, 9.17) is 9.47 Å². The Morgan fingerprint density at radius 3 is 2.69 bits per heavy atom. The van der Waals surface area contributed by atoms with Crippen LogP contribution in [-0.2, 0) is 6.61 Å². The maximum Gasteiger partial charge on any atom is 0.265 e. The molecule has 4 nitrogen and oxygen atoms in total. The Morgan fingerprint density at radius 1 is 1.19 bits per heavy atom. The van der Waals surface area contributed by atoms with Crippen LogP contribution < -0.4 is 14.8 Å². The molecule has 0 fully saturated rings. The number of methoxy groups -OCH3 is 1. The molecule has 0 atom stereocenters. The van der Waals surface area contributed by atoms with E-state index < -0.39 is 5.82 Å². The molecule has 2 aromatic carbocycles. The van der Waals surface area contributed by atoms with E-state index in [1.807, 2.05) is 29.6 Å². The summed E-state index contributed by atoms with van der Waals surface area (Å²) in [4.78, 5) is 12.8. The van der Waals surface area contributed by atoms with Gasteiger partial charge in [-0.1, -0.05) is 28.1 Å². The fourth-order valence-electron chi connectivity index (χ4n) is 2.24. The van der Waals surface area contributed by atoms with Crippen molar-refractivity contribution < 1.29 is 18.7 Å². The number of benzene rings is 2. The molecule has 26 heavy (non-hydrogen) atoms. The lowest BCUT2D eigenvalue weighted by atomic mass is 10.2. The number of amides is 1. The van der Waals surface area contributed by atoms with Crippen molar-refractivity contribution in [3.05, 3.63) is 74.6 Å². The molecule has 1 N–H and O–H groups in total. The van der Waals surface area contributed by atoms with Crippen molar-refractivity contribution in [2.75, 3.05) is 12.4 Å². The van der Waals surface area contributed by atoms with Gasteiger partial charge in [0.05, 0.1) is 17.7 Å². The zero-order valence-corrected chi connectivity index (χ0v) is 16.2. The Labute approximate surface area is 162 Å². The molecule has 0 unspecified atom stereocenters. The van der Waals surface area contributed by atoms with Gasteiger partial charge in [-0.05, 0) is 41.8 Å².